The van der Waals surface area contributed by atoms with Gasteiger partial charge in [0, 0.05) is 17.2 Å². The Morgan fingerprint density at radius 3 is 2.33 bits per heavy atom. The Bertz CT molecular complexity index is 1110. The summed E-state index contributed by atoms with van der Waals surface area (Å²) in [5.74, 6) is -1.29. The quantitative estimate of drug-likeness (QED) is 0.775. The molecule has 0 spiro atoms. The van der Waals surface area contributed by atoms with Gasteiger partial charge in [0.15, 0.2) is 0 Å². The van der Waals surface area contributed by atoms with E-state index in [2.05, 4.69) is 4.40 Å². The first-order valence-corrected chi connectivity index (χ1v) is 8.58. The Kier molecular flexibility index (Phi) is 4.13. The average Bonchev–Trinajstić information content (AvgIpc) is 2.58. The molecule has 0 aliphatic carbocycles. The summed E-state index contributed by atoms with van der Waals surface area (Å²) in [7, 11) is -3.98. The zero-order chi connectivity index (χ0) is 17.3. The summed E-state index contributed by atoms with van der Waals surface area (Å²) in [6.07, 6.45) is 0. The number of nitrogens with zero attached hydrogens (tertiary/aromatic N) is 2. The molecule has 1 heterocycles. The number of sulfonamides is 1. The number of carbonyl (C=O) groups is 1. The van der Waals surface area contributed by atoms with Crippen molar-refractivity contribution in [1.82, 2.24) is 4.09 Å². The summed E-state index contributed by atoms with van der Waals surface area (Å²) in [5.41, 5.74) is 0.0680. The average molecular weight is 363 g/mol. The molecule has 3 rings (SSSR count). The van der Waals surface area contributed by atoms with Crippen LogP contribution >= 0.6 is 11.8 Å². The van der Waals surface area contributed by atoms with Gasteiger partial charge in [0.25, 0.3) is 10.0 Å². The van der Waals surface area contributed by atoms with Gasteiger partial charge in [-0.05, 0) is 24.3 Å². The van der Waals surface area contributed by atoms with E-state index in [0.717, 1.165) is 10.2 Å². The number of hydrogen-bond donors (Lipinski definition) is 1. The first-order valence-electron chi connectivity index (χ1n) is 6.80. The number of rotatable bonds is 3. The second-order valence-corrected chi connectivity index (χ2v) is 6.84. The lowest BCUT2D eigenvalue weighted by molar-refractivity contribution is 0.0689. The minimum Gasteiger partial charge on any atom is -0.477 e. The molecule has 122 valence electrons. The summed E-state index contributed by atoms with van der Waals surface area (Å²) in [6, 6.07) is 15.4. The van der Waals surface area contributed by atoms with E-state index >= 15 is 0 Å². The molecule has 2 aromatic carbocycles. The highest BCUT2D eigenvalue weighted by Crippen LogP contribution is 2.16. The lowest BCUT2D eigenvalue weighted by atomic mass is 10.2. The topological polar surface area (TPSA) is 88.7 Å². The standard InChI is InChI=1S/C16H11ClN2O4S/c17-19-14-9-5-4-8-12(14)13(10-15(19)16(20)21)18-24(22,23)11-6-2-1-3-7-11/h1-10H,(H,20,21). The Morgan fingerprint density at radius 1 is 1.04 bits per heavy atom. The van der Waals surface area contributed by atoms with Crippen LogP contribution in [0.3, 0.4) is 0 Å². The third-order valence-corrected chi connectivity index (χ3v) is 5.02. The van der Waals surface area contributed by atoms with E-state index in [9.17, 15) is 18.3 Å². The molecule has 0 bridgehead atoms. The van der Waals surface area contributed by atoms with Crippen LogP contribution in [0.2, 0.25) is 0 Å². The van der Waals surface area contributed by atoms with Gasteiger partial charge in [0.1, 0.15) is 5.69 Å². The molecular formula is C16H11ClN2O4S. The van der Waals surface area contributed by atoms with Crippen molar-refractivity contribution in [1.29, 1.82) is 0 Å². The van der Waals surface area contributed by atoms with E-state index in [1.54, 1.807) is 42.5 Å². The Morgan fingerprint density at radius 2 is 1.67 bits per heavy atom. The lowest BCUT2D eigenvalue weighted by Gasteiger charge is -2.08. The smallest absolute Gasteiger partial charge is 0.353 e. The third kappa shape index (κ3) is 2.91. The van der Waals surface area contributed by atoms with Crippen LogP contribution in [0, 0.1) is 0 Å². The molecule has 0 aliphatic heterocycles. The molecule has 0 unspecified atom stereocenters. The minimum atomic E-state index is -3.98. The van der Waals surface area contributed by atoms with Crippen molar-refractivity contribution in [3.63, 3.8) is 0 Å². The Balaban J connectivity index is 2.38. The number of aromatic nitrogens is 1. The van der Waals surface area contributed by atoms with Gasteiger partial charge in [0.05, 0.1) is 15.8 Å². The minimum absolute atomic E-state index is 0.0174. The monoisotopic (exact) mass is 362 g/mol. The molecule has 0 amide bonds. The molecule has 0 atom stereocenters. The number of fused-ring (bicyclic) bond motifs is 1. The molecule has 1 N–H and O–H groups in total. The van der Waals surface area contributed by atoms with Gasteiger partial charge in [0.2, 0.25) is 0 Å². The van der Waals surface area contributed by atoms with Gasteiger partial charge in [-0.3, -0.25) is 0 Å². The lowest BCUT2D eigenvalue weighted by Crippen LogP contribution is -2.16. The van der Waals surface area contributed by atoms with Crippen LogP contribution in [-0.2, 0) is 10.0 Å². The van der Waals surface area contributed by atoms with Crippen LogP contribution in [0.15, 0.2) is 70.0 Å². The Labute approximate surface area is 142 Å². The molecule has 0 saturated carbocycles. The summed E-state index contributed by atoms with van der Waals surface area (Å²) in [4.78, 5) is 11.4. The number of benzene rings is 2. The van der Waals surface area contributed by atoms with Crippen molar-refractivity contribution in [3.8, 4) is 0 Å². The van der Waals surface area contributed by atoms with Crippen LogP contribution in [0.1, 0.15) is 10.5 Å². The van der Waals surface area contributed by atoms with Gasteiger partial charge in [-0.25, -0.2) is 8.88 Å². The second-order valence-electron chi connectivity index (χ2n) is 4.90. The molecule has 8 heteroatoms. The summed E-state index contributed by atoms with van der Waals surface area (Å²) < 4.78 is 29.7. The third-order valence-electron chi connectivity index (χ3n) is 3.36. The molecule has 0 radical (unpaired) electrons. The first-order chi connectivity index (χ1) is 11.4. The summed E-state index contributed by atoms with van der Waals surface area (Å²) in [5, 5.41) is 9.71. The molecule has 24 heavy (non-hydrogen) atoms. The van der Waals surface area contributed by atoms with E-state index < -0.39 is 16.0 Å². The normalized spacial score (nSPS) is 12.5. The number of aromatic carboxylic acids is 1. The van der Waals surface area contributed by atoms with E-state index in [-0.39, 0.29) is 15.9 Å². The van der Waals surface area contributed by atoms with Crippen molar-refractivity contribution in [2.24, 2.45) is 4.40 Å². The molecule has 0 fully saturated rings. The zero-order valence-corrected chi connectivity index (χ0v) is 13.7. The number of carboxylic acids is 1. The first kappa shape index (κ1) is 16.2. The highest BCUT2D eigenvalue weighted by atomic mass is 35.5. The van der Waals surface area contributed by atoms with Crippen LogP contribution in [-0.4, -0.2) is 23.6 Å². The maximum Gasteiger partial charge on any atom is 0.353 e. The van der Waals surface area contributed by atoms with Crippen molar-refractivity contribution in [3.05, 3.63) is 71.7 Å². The van der Waals surface area contributed by atoms with Crippen LogP contribution in [0.4, 0.5) is 0 Å². The van der Waals surface area contributed by atoms with Crippen LogP contribution in [0.25, 0.3) is 10.9 Å². The van der Waals surface area contributed by atoms with Gasteiger partial charge >= 0.3 is 5.97 Å². The number of hydrogen-bond acceptors (Lipinski definition) is 3. The van der Waals surface area contributed by atoms with Crippen molar-refractivity contribution < 1.29 is 18.3 Å². The van der Waals surface area contributed by atoms with Crippen molar-refractivity contribution in [2.75, 3.05) is 0 Å². The van der Waals surface area contributed by atoms with Crippen molar-refractivity contribution in [2.45, 2.75) is 4.90 Å². The summed E-state index contributed by atoms with van der Waals surface area (Å²) >= 11 is 6.04. The fourth-order valence-electron chi connectivity index (χ4n) is 2.25. The number of halogens is 1. The Hall–Kier alpha value is -2.64. The maximum atomic E-state index is 12.5. The molecular weight excluding hydrogens is 352 g/mol. The van der Waals surface area contributed by atoms with Gasteiger partial charge in [-0.2, -0.15) is 12.8 Å². The number of para-hydroxylation sites is 1. The molecule has 3 aromatic rings. The highest BCUT2D eigenvalue weighted by molar-refractivity contribution is 7.90. The predicted octanol–water partition coefficient (Wildman–Crippen LogP) is 2.63. The fourth-order valence-corrected chi connectivity index (χ4v) is 3.54. The van der Waals surface area contributed by atoms with Gasteiger partial charge in [-0.1, -0.05) is 36.4 Å². The highest BCUT2D eigenvalue weighted by Gasteiger charge is 2.16. The SMILES string of the molecule is O=C(O)c1cc(=NS(=O)(=O)c2ccccc2)c2ccccc2n1Cl. The van der Waals surface area contributed by atoms with E-state index in [0.29, 0.717) is 10.9 Å². The predicted molar refractivity (Wildman–Crippen MR) is 89.3 cm³/mol. The molecule has 1 aromatic heterocycles. The van der Waals surface area contributed by atoms with Gasteiger partial charge < -0.3 is 5.11 Å². The second kappa shape index (κ2) is 6.10. The van der Waals surface area contributed by atoms with Crippen LogP contribution in [0.5, 0.6) is 0 Å². The number of carboxylic acid groups (broad SMARTS) is 1. The largest absolute Gasteiger partial charge is 0.477 e. The summed E-state index contributed by atoms with van der Waals surface area (Å²) in [6.45, 7) is 0. The van der Waals surface area contributed by atoms with E-state index in [1.807, 2.05) is 0 Å². The number of pyridine rings is 1. The molecule has 6 nitrogen and oxygen atoms in total. The van der Waals surface area contributed by atoms with Crippen molar-refractivity contribution >= 4 is 38.7 Å². The van der Waals surface area contributed by atoms with Gasteiger partial charge in [-0.15, -0.1) is 0 Å². The zero-order valence-electron chi connectivity index (χ0n) is 12.1. The van der Waals surface area contributed by atoms with Crippen LogP contribution < -0.4 is 5.36 Å². The maximum absolute atomic E-state index is 12.5. The van der Waals surface area contributed by atoms with E-state index in [1.165, 1.54) is 12.1 Å². The fraction of sp³-hybridized carbons (Fsp3) is 0. The molecule has 0 aliphatic rings. The van der Waals surface area contributed by atoms with E-state index in [4.69, 9.17) is 11.8 Å². The molecule has 0 saturated heterocycles.